The highest BCUT2D eigenvalue weighted by atomic mass is 35.5. The van der Waals surface area contributed by atoms with Crippen molar-refractivity contribution >= 4 is 17.5 Å². The Kier molecular flexibility index (Phi) is 5.35. The molecular formula is C17H20ClN3O3. The number of hydrogen-bond donors (Lipinski definition) is 0. The molecule has 2 heterocycles. The van der Waals surface area contributed by atoms with E-state index in [4.69, 9.17) is 20.9 Å². The summed E-state index contributed by atoms with van der Waals surface area (Å²) in [5.74, 6) is 2.29. The molecule has 1 fully saturated rings. The zero-order valence-electron chi connectivity index (χ0n) is 13.6. The van der Waals surface area contributed by atoms with E-state index < -0.39 is 0 Å². The third-order valence-electron chi connectivity index (χ3n) is 4.15. The minimum atomic E-state index is 0.0993. The zero-order valence-corrected chi connectivity index (χ0v) is 14.3. The van der Waals surface area contributed by atoms with Crippen LogP contribution in [-0.4, -0.2) is 40.6 Å². The maximum Gasteiger partial charge on any atom is 0.229 e. The Balaban J connectivity index is 1.43. The van der Waals surface area contributed by atoms with Gasteiger partial charge in [-0.2, -0.15) is 4.98 Å². The van der Waals surface area contributed by atoms with Crippen LogP contribution in [0.1, 0.15) is 36.9 Å². The average molecular weight is 350 g/mol. The largest absolute Gasteiger partial charge is 0.491 e. The van der Waals surface area contributed by atoms with Crippen LogP contribution >= 0.6 is 11.6 Å². The summed E-state index contributed by atoms with van der Waals surface area (Å²) in [5, 5.41) is 4.38. The first-order chi connectivity index (χ1) is 11.6. The number of aryl methyl sites for hydroxylation is 1. The molecule has 2 aromatic rings. The molecule has 7 heteroatoms. The van der Waals surface area contributed by atoms with Gasteiger partial charge in [-0.15, -0.1) is 0 Å². The first-order valence-corrected chi connectivity index (χ1v) is 8.46. The van der Waals surface area contributed by atoms with Gasteiger partial charge in [-0.25, -0.2) is 0 Å². The van der Waals surface area contributed by atoms with Gasteiger partial charge in [0.25, 0.3) is 0 Å². The molecule has 3 rings (SSSR count). The number of piperidine rings is 1. The standard InChI is InChI=1S/C17H20ClN3O3/c1-12-19-17(24-20-12)13-6-9-21(10-7-13)16(22)8-11-23-15-5-3-2-4-14(15)18/h2-5,13H,6-11H2,1H3. The summed E-state index contributed by atoms with van der Waals surface area (Å²) in [6.45, 7) is 3.55. The Morgan fingerprint density at radius 2 is 2.12 bits per heavy atom. The van der Waals surface area contributed by atoms with E-state index in [2.05, 4.69) is 10.1 Å². The molecule has 1 saturated heterocycles. The van der Waals surface area contributed by atoms with Crippen molar-refractivity contribution in [3.63, 3.8) is 0 Å². The van der Waals surface area contributed by atoms with Crippen LogP contribution in [0.25, 0.3) is 0 Å². The van der Waals surface area contributed by atoms with Gasteiger partial charge in [-0.1, -0.05) is 28.9 Å². The fourth-order valence-electron chi connectivity index (χ4n) is 2.82. The Morgan fingerprint density at radius 3 is 2.79 bits per heavy atom. The average Bonchev–Trinajstić information content (AvgIpc) is 3.03. The molecule has 0 radical (unpaired) electrons. The summed E-state index contributed by atoms with van der Waals surface area (Å²) in [6, 6.07) is 7.26. The number of nitrogens with zero attached hydrogens (tertiary/aromatic N) is 3. The van der Waals surface area contributed by atoms with Crippen LogP contribution in [0.4, 0.5) is 0 Å². The van der Waals surface area contributed by atoms with Crippen molar-refractivity contribution in [3.05, 3.63) is 41.0 Å². The van der Waals surface area contributed by atoms with Crippen LogP contribution < -0.4 is 4.74 Å². The molecular weight excluding hydrogens is 330 g/mol. The summed E-state index contributed by atoms with van der Waals surface area (Å²) in [4.78, 5) is 18.4. The van der Waals surface area contributed by atoms with Crippen LogP contribution in [-0.2, 0) is 4.79 Å². The quantitative estimate of drug-likeness (QED) is 0.829. The molecule has 0 spiro atoms. The second-order valence-corrected chi connectivity index (χ2v) is 6.27. The molecule has 0 atom stereocenters. The fraction of sp³-hybridized carbons (Fsp3) is 0.471. The predicted molar refractivity (Wildman–Crippen MR) is 89.2 cm³/mol. The fourth-order valence-corrected chi connectivity index (χ4v) is 3.01. The van der Waals surface area contributed by atoms with E-state index in [0.29, 0.717) is 48.6 Å². The number of rotatable bonds is 5. The number of para-hydroxylation sites is 1. The first kappa shape index (κ1) is 16.8. The van der Waals surface area contributed by atoms with Crippen LogP contribution in [0.2, 0.25) is 5.02 Å². The smallest absolute Gasteiger partial charge is 0.229 e. The van der Waals surface area contributed by atoms with Gasteiger partial charge in [0, 0.05) is 19.0 Å². The SMILES string of the molecule is Cc1noc(C2CCN(C(=O)CCOc3ccccc3Cl)CC2)n1. The lowest BCUT2D eigenvalue weighted by Crippen LogP contribution is -2.38. The minimum absolute atomic E-state index is 0.0993. The van der Waals surface area contributed by atoms with Gasteiger partial charge in [-0.05, 0) is 31.9 Å². The maximum absolute atomic E-state index is 12.3. The number of likely N-dealkylation sites (tertiary alicyclic amines) is 1. The van der Waals surface area contributed by atoms with Gasteiger partial charge >= 0.3 is 0 Å². The highest BCUT2D eigenvalue weighted by Gasteiger charge is 2.27. The number of aromatic nitrogens is 2. The number of halogens is 1. The second kappa shape index (κ2) is 7.66. The molecule has 1 aliphatic heterocycles. The van der Waals surface area contributed by atoms with Gasteiger partial charge in [0.05, 0.1) is 18.1 Å². The molecule has 1 aromatic carbocycles. The maximum atomic E-state index is 12.3. The van der Waals surface area contributed by atoms with Gasteiger partial charge in [-0.3, -0.25) is 4.79 Å². The highest BCUT2D eigenvalue weighted by molar-refractivity contribution is 6.32. The van der Waals surface area contributed by atoms with Crippen LogP contribution in [0.5, 0.6) is 5.75 Å². The van der Waals surface area contributed by atoms with E-state index in [0.717, 1.165) is 12.8 Å². The van der Waals surface area contributed by atoms with Crippen LogP contribution in [0.15, 0.2) is 28.8 Å². The van der Waals surface area contributed by atoms with Crippen molar-refractivity contribution in [2.75, 3.05) is 19.7 Å². The van der Waals surface area contributed by atoms with Crippen molar-refractivity contribution < 1.29 is 14.1 Å². The third kappa shape index (κ3) is 4.06. The molecule has 1 aromatic heterocycles. The molecule has 0 N–H and O–H groups in total. The summed E-state index contributed by atoms with van der Waals surface area (Å²) in [6.07, 6.45) is 2.03. The van der Waals surface area contributed by atoms with E-state index >= 15 is 0 Å². The summed E-state index contributed by atoms with van der Waals surface area (Å²) >= 11 is 6.02. The third-order valence-corrected chi connectivity index (χ3v) is 4.46. The van der Waals surface area contributed by atoms with E-state index in [1.54, 1.807) is 12.1 Å². The lowest BCUT2D eigenvalue weighted by Gasteiger charge is -2.30. The number of benzene rings is 1. The van der Waals surface area contributed by atoms with Crippen molar-refractivity contribution in [1.29, 1.82) is 0 Å². The number of amides is 1. The summed E-state index contributed by atoms with van der Waals surface area (Å²) in [5.41, 5.74) is 0. The lowest BCUT2D eigenvalue weighted by atomic mass is 9.96. The summed E-state index contributed by atoms with van der Waals surface area (Å²) in [7, 11) is 0. The Morgan fingerprint density at radius 1 is 1.38 bits per heavy atom. The molecule has 1 aliphatic rings. The summed E-state index contributed by atoms with van der Waals surface area (Å²) < 4.78 is 10.8. The van der Waals surface area contributed by atoms with Gasteiger partial charge in [0.1, 0.15) is 5.75 Å². The Bertz CT molecular complexity index is 696. The molecule has 1 amide bonds. The molecule has 0 bridgehead atoms. The number of ether oxygens (including phenoxy) is 1. The van der Waals surface area contributed by atoms with Crippen molar-refractivity contribution in [2.24, 2.45) is 0 Å². The Hall–Kier alpha value is -2.08. The number of hydrogen-bond acceptors (Lipinski definition) is 5. The zero-order chi connectivity index (χ0) is 16.9. The van der Waals surface area contributed by atoms with Gasteiger partial charge in [0.15, 0.2) is 5.82 Å². The normalized spacial score (nSPS) is 15.5. The Labute approximate surface area is 145 Å². The van der Waals surface area contributed by atoms with Crippen molar-refractivity contribution in [3.8, 4) is 5.75 Å². The predicted octanol–water partition coefficient (Wildman–Crippen LogP) is 3.21. The number of carbonyl (C=O) groups is 1. The van der Waals surface area contributed by atoms with E-state index in [1.807, 2.05) is 24.0 Å². The van der Waals surface area contributed by atoms with Crippen LogP contribution in [0.3, 0.4) is 0 Å². The van der Waals surface area contributed by atoms with E-state index in [1.165, 1.54) is 0 Å². The molecule has 24 heavy (non-hydrogen) atoms. The molecule has 6 nitrogen and oxygen atoms in total. The van der Waals surface area contributed by atoms with Crippen molar-refractivity contribution in [1.82, 2.24) is 15.0 Å². The van der Waals surface area contributed by atoms with Gasteiger partial charge < -0.3 is 14.2 Å². The molecule has 0 aliphatic carbocycles. The molecule has 0 unspecified atom stereocenters. The second-order valence-electron chi connectivity index (χ2n) is 5.86. The topological polar surface area (TPSA) is 68.5 Å². The number of carbonyl (C=O) groups excluding carboxylic acids is 1. The van der Waals surface area contributed by atoms with E-state index in [9.17, 15) is 4.79 Å². The molecule has 128 valence electrons. The minimum Gasteiger partial charge on any atom is -0.491 e. The van der Waals surface area contributed by atoms with Gasteiger partial charge in [0.2, 0.25) is 11.8 Å². The monoisotopic (exact) mass is 349 g/mol. The molecule has 0 saturated carbocycles. The lowest BCUT2D eigenvalue weighted by molar-refractivity contribution is -0.132. The van der Waals surface area contributed by atoms with E-state index in [-0.39, 0.29) is 11.8 Å². The van der Waals surface area contributed by atoms with Crippen molar-refractivity contribution in [2.45, 2.75) is 32.1 Å². The first-order valence-electron chi connectivity index (χ1n) is 8.09. The van der Waals surface area contributed by atoms with Crippen LogP contribution in [0, 0.1) is 6.92 Å². The highest BCUT2D eigenvalue weighted by Crippen LogP contribution is 2.27.